The predicted octanol–water partition coefficient (Wildman–Crippen LogP) is 4.03. The molecule has 1 aromatic heterocycles. The number of nitrogens with zero attached hydrogens (tertiary/aromatic N) is 1. The highest BCUT2D eigenvalue weighted by Crippen LogP contribution is 2.25. The van der Waals surface area contributed by atoms with E-state index in [-0.39, 0.29) is 12.6 Å². The van der Waals surface area contributed by atoms with E-state index in [4.69, 9.17) is 4.74 Å². The third kappa shape index (κ3) is 3.40. The van der Waals surface area contributed by atoms with E-state index in [2.05, 4.69) is 20.9 Å². The average Bonchev–Trinajstić information content (AvgIpc) is 2.85. The van der Waals surface area contributed by atoms with Crippen LogP contribution in [0.1, 0.15) is 19.0 Å². The molecule has 1 aromatic carbocycles. The molecule has 0 bridgehead atoms. The number of rotatable bonds is 4. The van der Waals surface area contributed by atoms with Gasteiger partial charge in [-0.2, -0.15) is 0 Å². The molecule has 0 unspecified atom stereocenters. The van der Waals surface area contributed by atoms with Crippen molar-refractivity contribution in [2.75, 3.05) is 0 Å². The van der Waals surface area contributed by atoms with Gasteiger partial charge in [-0.15, -0.1) is 11.3 Å². The van der Waals surface area contributed by atoms with Crippen molar-refractivity contribution in [2.45, 2.75) is 20.0 Å². The Morgan fingerprint density at radius 3 is 2.78 bits per heavy atom. The summed E-state index contributed by atoms with van der Waals surface area (Å²) in [5.41, 5.74) is 1.86. The molecule has 0 aliphatic carbocycles. The van der Waals surface area contributed by atoms with Crippen LogP contribution in [0.3, 0.4) is 0 Å². The normalized spacial score (nSPS) is 10.3. The zero-order chi connectivity index (χ0) is 13.0. The molecule has 0 amide bonds. The molecule has 0 N–H and O–H groups in total. The summed E-state index contributed by atoms with van der Waals surface area (Å²) in [5.74, 6) is -0.201. The van der Waals surface area contributed by atoms with Crippen LogP contribution in [0, 0.1) is 0 Å². The van der Waals surface area contributed by atoms with Crippen molar-refractivity contribution in [3.8, 4) is 10.6 Å². The number of ether oxygens (including phenoxy) is 1. The first kappa shape index (κ1) is 13.2. The smallest absolute Gasteiger partial charge is 0.305 e. The lowest BCUT2D eigenvalue weighted by Gasteiger charge is -1.99. The molecule has 94 valence electrons. The molecule has 2 aromatic rings. The first-order valence-corrected chi connectivity index (χ1v) is 7.22. The summed E-state index contributed by atoms with van der Waals surface area (Å²) in [4.78, 5) is 15.5. The van der Waals surface area contributed by atoms with Crippen molar-refractivity contribution in [1.29, 1.82) is 0 Å². The fourth-order valence-electron chi connectivity index (χ4n) is 1.35. The molecule has 0 saturated heterocycles. The van der Waals surface area contributed by atoms with Crippen LogP contribution < -0.4 is 0 Å². The Balaban J connectivity index is 2.06. The Morgan fingerprint density at radius 1 is 1.39 bits per heavy atom. The quantitative estimate of drug-likeness (QED) is 0.797. The summed E-state index contributed by atoms with van der Waals surface area (Å²) in [6.45, 7) is 2.02. The first-order chi connectivity index (χ1) is 8.69. The second-order valence-corrected chi connectivity index (χ2v) is 5.44. The van der Waals surface area contributed by atoms with Gasteiger partial charge in [0.25, 0.3) is 0 Å². The van der Waals surface area contributed by atoms with Gasteiger partial charge in [0, 0.05) is 21.8 Å². The molecular weight excluding hydrogens is 314 g/mol. The Labute approximate surface area is 118 Å². The molecule has 0 spiro atoms. The Bertz CT molecular complexity index is 536. The molecule has 1 heterocycles. The minimum absolute atomic E-state index is 0.201. The maximum absolute atomic E-state index is 11.0. The number of carbonyl (C=O) groups excluding carboxylic acids is 1. The van der Waals surface area contributed by atoms with Crippen molar-refractivity contribution in [3.05, 3.63) is 39.8 Å². The molecule has 3 nitrogen and oxygen atoms in total. The first-order valence-electron chi connectivity index (χ1n) is 5.55. The van der Waals surface area contributed by atoms with Crippen LogP contribution in [-0.2, 0) is 16.1 Å². The van der Waals surface area contributed by atoms with E-state index in [1.165, 1.54) is 0 Å². The van der Waals surface area contributed by atoms with Crippen LogP contribution >= 0.6 is 27.3 Å². The second-order valence-electron chi connectivity index (χ2n) is 3.67. The highest BCUT2D eigenvalue weighted by molar-refractivity contribution is 9.10. The van der Waals surface area contributed by atoms with Crippen LogP contribution in [0.5, 0.6) is 0 Å². The monoisotopic (exact) mass is 325 g/mol. The number of thiazole rings is 1. The Hall–Kier alpha value is -1.20. The van der Waals surface area contributed by atoms with Gasteiger partial charge in [0.1, 0.15) is 11.6 Å². The minimum Gasteiger partial charge on any atom is -0.459 e. The van der Waals surface area contributed by atoms with Gasteiger partial charge in [-0.1, -0.05) is 35.0 Å². The second kappa shape index (κ2) is 6.11. The molecule has 0 aliphatic heterocycles. The fourth-order valence-corrected chi connectivity index (χ4v) is 2.43. The standard InChI is InChI=1S/C13H12BrNO2S/c1-2-12(16)17-7-11-8-18-13(15-11)9-3-5-10(14)6-4-9/h3-6,8H,2,7H2,1H3. The van der Waals surface area contributed by atoms with E-state index in [0.29, 0.717) is 6.42 Å². The molecule has 0 saturated carbocycles. The van der Waals surface area contributed by atoms with Gasteiger partial charge in [-0.05, 0) is 12.1 Å². The maximum atomic E-state index is 11.0. The van der Waals surface area contributed by atoms with Crippen LogP contribution in [0.25, 0.3) is 10.6 Å². The summed E-state index contributed by atoms with van der Waals surface area (Å²) in [5, 5.41) is 2.85. The van der Waals surface area contributed by atoms with E-state index in [1.807, 2.05) is 29.6 Å². The van der Waals surface area contributed by atoms with Crippen molar-refractivity contribution < 1.29 is 9.53 Å². The summed E-state index contributed by atoms with van der Waals surface area (Å²) < 4.78 is 6.08. The lowest BCUT2D eigenvalue weighted by molar-refractivity contribution is -0.144. The van der Waals surface area contributed by atoms with E-state index in [1.54, 1.807) is 18.3 Å². The van der Waals surface area contributed by atoms with Gasteiger partial charge in [-0.3, -0.25) is 4.79 Å². The third-order valence-electron chi connectivity index (χ3n) is 2.31. The zero-order valence-electron chi connectivity index (χ0n) is 9.85. The van der Waals surface area contributed by atoms with Crippen molar-refractivity contribution >= 4 is 33.2 Å². The molecule has 5 heteroatoms. The fraction of sp³-hybridized carbons (Fsp3) is 0.231. The summed E-state index contributed by atoms with van der Waals surface area (Å²) >= 11 is 4.95. The third-order valence-corrected chi connectivity index (χ3v) is 3.78. The number of hydrogen-bond acceptors (Lipinski definition) is 4. The van der Waals surface area contributed by atoms with Gasteiger partial charge in [0.05, 0.1) is 5.69 Å². The van der Waals surface area contributed by atoms with E-state index in [9.17, 15) is 4.79 Å². The van der Waals surface area contributed by atoms with Gasteiger partial charge in [0.2, 0.25) is 0 Å². The van der Waals surface area contributed by atoms with Gasteiger partial charge >= 0.3 is 5.97 Å². The molecular formula is C13H12BrNO2S. The van der Waals surface area contributed by atoms with E-state index >= 15 is 0 Å². The van der Waals surface area contributed by atoms with Gasteiger partial charge in [-0.25, -0.2) is 4.98 Å². The zero-order valence-corrected chi connectivity index (χ0v) is 12.3. The van der Waals surface area contributed by atoms with Crippen molar-refractivity contribution in [1.82, 2.24) is 4.98 Å². The lowest BCUT2D eigenvalue weighted by Crippen LogP contribution is -2.02. The number of halogens is 1. The Kier molecular flexibility index (Phi) is 4.49. The van der Waals surface area contributed by atoms with Crippen molar-refractivity contribution in [3.63, 3.8) is 0 Å². The van der Waals surface area contributed by atoms with E-state index < -0.39 is 0 Å². The highest BCUT2D eigenvalue weighted by Gasteiger charge is 2.06. The number of esters is 1. The summed E-state index contributed by atoms with van der Waals surface area (Å²) in [6.07, 6.45) is 0.393. The summed E-state index contributed by atoms with van der Waals surface area (Å²) in [6, 6.07) is 7.97. The SMILES string of the molecule is CCC(=O)OCc1csc(-c2ccc(Br)cc2)n1. The van der Waals surface area contributed by atoms with Crippen LogP contribution in [-0.4, -0.2) is 11.0 Å². The van der Waals surface area contributed by atoms with Crippen LogP contribution in [0.4, 0.5) is 0 Å². The number of benzene rings is 1. The summed E-state index contributed by atoms with van der Waals surface area (Å²) in [7, 11) is 0. The number of hydrogen-bond donors (Lipinski definition) is 0. The largest absolute Gasteiger partial charge is 0.459 e. The molecule has 0 aliphatic rings. The van der Waals surface area contributed by atoms with Crippen molar-refractivity contribution in [2.24, 2.45) is 0 Å². The lowest BCUT2D eigenvalue weighted by atomic mass is 10.2. The predicted molar refractivity (Wildman–Crippen MR) is 75.3 cm³/mol. The molecule has 18 heavy (non-hydrogen) atoms. The molecule has 0 radical (unpaired) electrons. The minimum atomic E-state index is -0.201. The maximum Gasteiger partial charge on any atom is 0.305 e. The number of aromatic nitrogens is 1. The molecule has 2 rings (SSSR count). The Morgan fingerprint density at radius 2 is 2.11 bits per heavy atom. The highest BCUT2D eigenvalue weighted by atomic mass is 79.9. The molecule has 0 atom stereocenters. The van der Waals surface area contributed by atoms with Gasteiger partial charge in [0.15, 0.2) is 0 Å². The van der Waals surface area contributed by atoms with Crippen LogP contribution in [0.2, 0.25) is 0 Å². The van der Waals surface area contributed by atoms with E-state index in [0.717, 1.165) is 20.7 Å². The van der Waals surface area contributed by atoms with Gasteiger partial charge < -0.3 is 4.74 Å². The number of carbonyl (C=O) groups is 1. The topological polar surface area (TPSA) is 39.2 Å². The van der Waals surface area contributed by atoms with Crippen LogP contribution in [0.15, 0.2) is 34.1 Å². The molecule has 0 fully saturated rings. The average molecular weight is 326 g/mol.